The number of para-hydroxylation sites is 1. The first kappa shape index (κ1) is 37.5. The van der Waals surface area contributed by atoms with E-state index in [0.717, 1.165) is 33.7 Å². The smallest absolute Gasteiger partial charge is 0.264 e. The van der Waals surface area contributed by atoms with Gasteiger partial charge in [-0.3, -0.25) is 14.4 Å². The van der Waals surface area contributed by atoms with E-state index in [2.05, 4.69) is 43.5 Å². The SMILES string of the molecule is COc1ccc([Si](C)(C)[C@H]2[C@H](CC(=O)N3Cc4ccccc4C[C@H]3CO)O[C@@]3(C(=O)N(Cc4cccc(NC(=O)[C@H](C)O)c4)c4ccccc43)[C@@H]2C)cc1. The van der Waals surface area contributed by atoms with Crippen molar-refractivity contribution in [2.45, 2.75) is 82.3 Å². The number of carbonyl (C=O) groups is 3. The van der Waals surface area contributed by atoms with E-state index in [4.69, 9.17) is 9.47 Å². The number of ether oxygens (including phenoxy) is 2. The van der Waals surface area contributed by atoms with Crippen LogP contribution in [-0.4, -0.2) is 72.9 Å². The van der Waals surface area contributed by atoms with Crippen LogP contribution in [0.25, 0.3) is 0 Å². The quantitative estimate of drug-likeness (QED) is 0.193. The van der Waals surface area contributed by atoms with Gasteiger partial charge in [0.25, 0.3) is 11.8 Å². The summed E-state index contributed by atoms with van der Waals surface area (Å²) in [5, 5.41) is 24.1. The van der Waals surface area contributed by atoms with Crippen LogP contribution in [0.1, 0.15) is 42.5 Å². The lowest BCUT2D eigenvalue weighted by molar-refractivity contribution is -0.151. The van der Waals surface area contributed by atoms with Crippen LogP contribution in [-0.2, 0) is 44.2 Å². The molecule has 3 amide bonds. The molecule has 4 aromatic carbocycles. The summed E-state index contributed by atoms with van der Waals surface area (Å²) in [7, 11) is -0.869. The van der Waals surface area contributed by atoms with Gasteiger partial charge in [-0.2, -0.15) is 0 Å². The second kappa shape index (κ2) is 14.8. The molecule has 4 aromatic rings. The van der Waals surface area contributed by atoms with Gasteiger partial charge in [-0.25, -0.2) is 0 Å². The highest BCUT2D eigenvalue weighted by Crippen LogP contribution is 2.60. The Kier molecular flexibility index (Phi) is 10.3. The summed E-state index contributed by atoms with van der Waals surface area (Å²) in [6, 6.07) is 30.8. The Balaban J connectivity index is 1.26. The van der Waals surface area contributed by atoms with E-state index in [-0.39, 0.29) is 48.9 Å². The first-order valence-corrected chi connectivity index (χ1v) is 21.8. The Hall–Kier alpha value is -4.81. The molecule has 0 saturated carbocycles. The highest BCUT2D eigenvalue weighted by molar-refractivity contribution is 6.91. The zero-order chi connectivity index (χ0) is 38.4. The predicted molar refractivity (Wildman–Crippen MR) is 210 cm³/mol. The topological polar surface area (TPSA) is 129 Å². The lowest BCUT2D eigenvalue weighted by Crippen LogP contribution is -2.52. The molecule has 6 atom stereocenters. The van der Waals surface area contributed by atoms with E-state index in [0.29, 0.717) is 18.7 Å². The van der Waals surface area contributed by atoms with E-state index < -0.39 is 31.8 Å². The first-order valence-electron chi connectivity index (χ1n) is 18.7. The molecule has 7 rings (SSSR count). The molecule has 3 aliphatic rings. The lowest BCUT2D eigenvalue weighted by Gasteiger charge is -2.39. The second-order valence-corrected chi connectivity index (χ2v) is 20.2. The number of methoxy groups -OCH3 is 1. The molecule has 0 aliphatic carbocycles. The molecular weight excluding hydrogens is 699 g/mol. The summed E-state index contributed by atoms with van der Waals surface area (Å²) in [5.74, 6) is -0.350. The van der Waals surface area contributed by atoms with E-state index in [1.54, 1.807) is 29.0 Å². The molecule has 0 aromatic heterocycles. The number of hydrogen-bond acceptors (Lipinski definition) is 7. The summed E-state index contributed by atoms with van der Waals surface area (Å²) in [6.45, 7) is 8.58. The number of aliphatic hydroxyl groups is 2. The summed E-state index contributed by atoms with van der Waals surface area (Å²) in [4.78, 5) is 45.5. The molecule has 3 heterocycles. The predicted octanol–water partition coefficient (Wildman–Crippen LogP) is 5.11. The van der Waals surface area contributed by atoms with Crippen LogP contribution in [0, 0.1) is 5.92 Å². The molecule has 1 saturated heterocycles. The Labute approximate surface area is 317 Å². The van der Waals surface area contributed by atoms with Gasteiger partial charge in [0.15, 0.2) is 5.60 Å². The minimum absolute atomic E-state index is 0.0719. The van der Waals surface area contributed by atoms with Crippen molar-refractivity contribution in [1.29, 1.82) is 0 Å². The fraction of sp³-hybridized carbons (Fsp3) is 0.372. The monoisotopic (exact) mass is 747 g/mol. The number of nitrogens with one attached hydrogen (secondary N) is 1. The Morgan fingerprint density at radius 1 is 1.00 bits per heavy atom. The van der Waals surface area contributed by atoms with Crippen molar-refractivity contribution in [3.05, 3.63) is 119 Å². The molecule has 0 unspecified atom stereocenters. The highest BCUT2D eigenvalue weighted by Gasteiger charge is 2.66. The Morgan fingerprint density at radius 3 is 2.41 bits per heavy atom. The summed E-state index contributed by atoms with van der Waals surface area (Å²) in [6.07, 6.45) is -1.10. The van der Waals surface area contributed by atoms with E-state index in [9.17, 15) is 19.8 Å². The molecule has 1 spiro atoms. The number of aliphatic hydroxyl groups excluding tert-OH is 2. The number of rotatable bonds is 10. The number of amides is 3. The van der Waals surface area contributed by atoms with Crippen molar-refractivity contribution >= 4 is 42.4 Å². The fourth-order valence-electron chi connectivity index (χ4n) is 9.13. The molecule has 0 radical (unpaired) electrons. The standard InChI is InChI=1S/C43H49N3O7Si/c1-27-40(54(4,5)35-19-17-34(52-3)18-20-35)38(23-39(49)45-25-31-13-7-6-12-30(31)22-33(45)26-47)53-43(27)36-15-8-9-16-37(36)46(42(43)51)24-29-11-10-14-32(21-29)44-41(50)28(2)48/h6-21,27-28,33,38,40,47-48H,22-26H2,1-5H3,(H,44,50)/t27-,28+,33+,38+,40-,43+/m1/s1. The van der Waals surface area contributed by atoms with Crippen molar-refractivity contribution in [1.82, 2.24) is 4.90 Å². The van der Waals surface area contributed by atoms with Crippen LogP contribution in [0.3, 0.4) is 0 Å². The molecule has 282 valence electrons. The molecule has 11 heteroatoms. The van der Waals surface area contributed by atoms with Gasteiger partial charge in [0.1, 0.15) is 11.9 Å². The zero-order valence-corrected chi connectivity index (χ0v) is 32.5. The number of carbonyl (C=O) groups excluding carboxylic acids is 3. The average Bonchev–Trinajstić information content (AvgIpc) is 3.60. The highest BCUT2D eigenvalue weighted by atomic mass is 28.3. The molecule has 3 N–H and O–H groups in total. The minimum Gasteiger partial charge on any atom is -0.497 e. The maximum Gasteiger partial charge on any atom is 0.264 e. The molecular formula is C43H49N3O7Si. The van der Waals surface area contributed by atoms with E-state index >= 15 is 4.79 Å². The number of fused-ring (bicyclic) bond motifs is 3. The van der Waals surface area contributed by atoms with Crippen molar-refractivity contribution in [3.8, 4) is 5.75 Å². The summed E-state index contributed by atoms with van der Waals surface area (Å²) >= 11 is 0. The molecule has 54 heavy (non-hydrogen) atoms. The van der Waals surface area contributed by atoms with Crippen LogP contribution in [0.2, 0.25) is 18.6 Å². The minimum atomic E-state index is -2.51. The van der Waals surface area contributed by atoms with Crippen molar-refractivity contribution in [2.24, 2.45) is 5.92 Å². The average molecular weight is 748 g/mol. The fourth-order valence-corrected chi connectivity index (χ4v) is 13.1. The third-order valence-corrected chi connectivity index (χ3v) is 16.3. The van der Waals surface area contributed by atoms with Gasteiger partial charge in [-0.1, -0.05) is 91.9 Å². The van der Waals surface area contributed by atoms with Crippen LogP contribution < -0.4 is 20.1 Å². The number of nitrogens with zero attached hydrogens (tertiary/aromatic N) is 2. The van der Waals surface area contributed by atoms with Gasteiger partial charge in [-0.15, -0.1) is 0 Å². The third kappa shape index (κ3) is 6.53. The van der Waals surface area contributed by atoms with Crippen LogP contribution in [0.4, 0.5) is 11.4 Å². The van der Waals surface area contributed by atoms with Gasteiger partial charge in [0.2, 0.25) is 5.91 Å². The van der Waals surface area contributed by atoms with E-state index in [1.807, 2.05) is 66.7 Å². The Morgan fingerprint density at radius 2 is 1.70 bits per heavy atom. The first-order chi connectivity index (χ1) is 25.9. The molecule has 0 bridgehead atoms. The Bertz CT molecular complexity index is 2050. The van der Waals surface area contributed by atoms with Crippen molar-refractivity contribution in [2.75, 3.05) is 23.9 Å². The number of hydrogen-bond donors (Lipinski definition) is 3. The van der Waals surface area contributed by atoms with Gasteiger partial charge in [-0.05, 0) is 65.9 Å². The van der Waals surface area contributed by atoms with Crippen molar-refractivity contribution in [3.63, 3.8) is 0 Å². The van der Waals surface area contributed by atoms with Crippen LogP contribution >= 0.6 is 0 Å². The van der Waals surface area contributed by atoms with Gasteiger partial charge in [0, 0.05) is 23.7 Å². The van der Waals surface area contributed by atoms with Crippen LogP contribution in [0.5, 0.6) is 5.75 Å². The summed E-state index contributed by atoms with van der Waals surface area (Å²) < 4.78 is 12.7. The maximum absolute atomic E-state index is 15.2. The normalized spacial score (nSPS) is 23.9. The largest absolute Gasteiger partial charge is 0.497 e. The molecule has 10 nitrogen and oxygen atoms in total. The van der Waals surface area contributed by atoms with Gasteiger partial charge < -0.3 is 34.8 Å². The molecule has 1 fully saturated rings. The number of benzene rings is 4. The third-order valence-electron chi connectivity index (χ3n) is 11.9. The van der Waals surface area contributed by atoms with E-state index in [1.165, 1.54) is 12.1 Å². The lowest BCUT2D eigenvalue weighted by atomic mass is 9.82. The second-order valence-electron chi connectivity index (χ2n) is 15.5. The van der Waals surface area contributed by atoms with Crippen molar-refractivity contribution < 1.29 is 34.1 Å². The molecule has 3 aliphatic heterocycles. The summed E-state index contributed by atoms with van der Waals surface area (Å²) in [5.41, 5.74) is 3.56. The maximum atomic E-state index is 15.2. The van der Waals surface area contributed by atoms with Gasteiger partial charge in [0.05, 0.1) is 52.6 Å². The van der Waals surface area contributed by atoms with Gasteiger partial charge >= 0.3 is 0 Å². The zero-order valence-electron chi connectivity index (χ0n) is 31.5. The van der Waals surface area contributed by atoms with Crippen LogP contribution in [0.15, 0.2) is 97.1 Å². The number of anilines is 2.